The first-order valence-electron chi connectivity index (χ1n) is 11.4. The molecule has 2 N–H and O–H groups in total. The lowest BCUT2D eigenvalue weighted by atomic mass is 9.64. The molecule has 37 heavy (non-hydrogen) atoms. The molecule has 0 saturated carbocycles. The molecule has 0 fully saturated rings. The first-order valence-corrected chi connectivity index (χ1v) is 11.4. The summed E-state index contributed by atoms with van der Waals surface area (Å²) in [5, 5.41) is 24.0. The predicted octanol–water partition coefficient (Wildman–Crippen LogP) is -3.20. The van der Waals surface area contributed by atoms with Crippen LogP contribution in [0.5, 0.6) is 0 Å². The Hall–Kier alpha value is -3.14. The van der Waals surface area contributed by atoms with Crippen LogP contribution in [0.3, 0.4) is 0 Å². The van der Waals surface area contributed by atoms with E-state index in [1.165, 1.54) is 0 Å². The van der Waals surface area contributed by atoms with E-state index in [0.717, 1.165) is 0 Å². The van der Waals surface area contributed by atoms with Crippen LogP contribution in [0.15, 0.2) is 52.9 Å². The van der Waals surface area contributed by atoms with Crippen molar-refractivity contribution in [3.8, 4) is 11.1 Å². The second-order valence-corrected chi connectivity index (χ2v) is 9.03. The summed E-state index contributed by atoms with van der Waals surface area (Å²) in [6, 6.07) is 14.7. The number of hydrogen-bond donors (Lipinski definition) is 2. The summed E-state index contributed by atoms with van der Waals surface area (Å²) in [6.07, 6.45) is 0. The Labute approximate surface area is 223 Å². The molecule has 11 heteroatoms. The molecular weight excluding hydrogens is 447 g/mol. The summed E-state index contributed by atoms with van der Waals surface area (Å²) in [4.78, 5) is 0. The Morgan fingerprint density at radius 1 is 0.486 bits per heavy atom. The first-order chi connectivity index (χ1) is 17.6. The molecule has 6 rings (SSSR count). The quantitative estimate of drug-likeness (QED) is 0.213. The molecule has 5 aromatic carbocycles. The SMILES string of the molecule is [B]c1c([B])c([B])c2c(oc3c([B])c(-c4c5ccccc5c(B(O)O)c5ccccc45)c([B])c([B])c32)c1[B]. The molecule has 6 aromatic rings. The van der Waals surface area contributed by atoms with Crippen molar-refractivity contribution >= 4 is 149 Å². The predicted molar refractivity (Wildman–Crippen MR) is 162 cm³/mol. The van der Waals surface area contributed by atoms with Gasteiger partial charge in [0.1, 0.15) is 66.1 Å². The van der Waals surface area contributed by atoms with Crippen LogP contribution in [0.25, 0.3) is 54.6 Å². The van der Waals surface area contributed by atoms with E-state index < -0.39 is 7.12 Å². The fourth-order valence-corrected chi connectivity index (χ4v) is 5.38. The van der Waals surface area contributed by atoms with Crippen molar-refractivity contribution in [2.24, 2.45) is 0 Å². The number of fused-ring (bicyclic) bond motifs is 5. The molecule has 0 amide bonds. The van der Waals surface area contributed by atoms with Crippen LogP contribution in [0, 0.1) is 0 Å². The van der Waals surface area contributed by atoms with Gasteiger partial charge in [-0.15, -0.1) is 10.9 Å². The van der Waals surface area contributed by atoms with E-state index in [1.807, 2.05) is 48.5 Å². The highest BCUT2D eigenvalue weighted by Crippen LogP contribution is 2.35. The molecule has 3 nitrogen and oxygen atoms in total. The number of hydrogen-bond acceptors (Lipinski definition) is 3. The van der Waals surface area contributed by atoms with Crippen molar-refractivity contribution in [2.45, 2.75) is 0 Å². The van der Waals surface area contributed by atoms with E-state index in [-0.39, 0.29) is 49.4 Å². The van der Waals surface area contributed by atoms with Crippen molar-refractivity contribution < 1.29 is 14.5 Å². The lowest BCUT2D eigenvalue weighted by Crippen LogP contribution is -2.47. The van der Waals surface area contributed by atoms with E-state index in [1.54, 1.807) is 0 Å². The molecule has 14 radical (unpaired) electrons. The standard InChI is InChI=1S/C26H10B8O3/c27-17-14(13-9-5-1-3-7-11(9)24(34(35)36)12-8-4-2-6-10(12)13)20(30)25-15(18(17)28)16-19(29)21(31)22(32)23(33)26(16)37-25/h1-8,35-36H. The van der Waals surface area contributed by atoms with Crippen molar-refractivity contribution in [3.05, 3.63) is 48.5 Å². The van der Waals surface area contributed by atoms with Gasteiger partial charge < -0.3 is 14.5 Å². The maximum absolute atomic E-state index is 10.3. The van der Waals surface area contributed by atoms with Gasteiger partial charge in [-0.2, -0.15) is 0 Å². The van der Waals surface area contributed by atoms with Crippen LogP contribution in [0.2, 0.25) is 0 Å². The van der Waals surface area contributed by atoms with Crippen molar-refractivity contribution in [1.82, 2.24) is 0 Å². The lowest BCUT2D eigenvalue weighted by molar-refractivity contribution is 0.426. The van der Waals surface area contributed by atoms with Crippen molar-refractivity contribution in [3.63, 3.8) is 0 Å². The molecule has 0 saturated heterocycles. The Bertz CT molecular complexity index is 1890. The average molecular weight is 457 g/mol. The fourth-order valence-electron chi connectivity index (χ4n) is 5.38. The molecule has 0 bridgehead atoms. The van der Waals surface area contributed by atoms with Gasteiger partial charge in [0.2, 0.25) is 0 Å². The third-order valence-electron chi connectivity index (χ3n) is 7.12. The summed E-state index contributed by atoms with van der Waals surface area (Å²) in [7, 11) is 43.0. The maximum Gasteiger partial charge on any atom is 0.489 e. The summed E-state index contributed by atoms with van der Waals surface area (Å²) in [6.45, 7) is 0. The Balaban J connectivity index is 1.86. The summed E-state index contributed by atoms with van der Waals surface area (Å²) >= 11 is 0. The van der Waals surface area contributed by atoms with Crippen LogP contribution in [0.4, 0.5) is 0 Å². The summed E-state index contributed by atoms with van der Waals surface area (Å²) in [5.74, 6) is 0. The second-order valence-electron chi connectivity index (χ2n) is 9.03. The second kappa shape index (κ2) is 8.44. The van der Waals surface area contributed by atoms with Gasteiger partial charge in [-0.1, -0.05) is 70.4 Å². The minimum Gasteiger partial charge on any atom is -0.457 e. The van der Waals surface area contributed by atoms with E-state index in [0.29, 0.717) is 48.9 Å². The first kappa shape index (κ1) is 24.2. The molecule has 0 unspecified atom stereocenters. The van der Waals surface area contributed by atoms with E-state index in [9.17, 15) is 10.0 Å². The average Bonchev–Trinajstić information content (AvgIpc) is 3.30. The third kappa shape index (κ3) is 3.20. The van der Waals surface area contributed by atoms with Gasteiger partial charge in [0, 0.05) is 10.8 Å². The van der Waals surface area contributed by atoms with E-state index in [4.69, 9.17) is 59.3 Å². The van der Waals surface area contributed by atoms with Gasteiger partial charge >= 0.3 is 7.12 Å². The minimum atomic E-state index is -1.71. The van der Waals surface area contributed by atoms with Gasteiger partial charge in [-0.3, -0.25) is 0 Å². The normalized spacial score (nSPS) is 11.7. The van der Waals surface area contributed by atoms with Gasteiger partial charge in [0.25, 0.3) is 0 Å². The molecule has 0 aliphatic carbocycles. The van der Waals surface area contributed by atoms with Crippen LogP contribution in [0.1, 0.15) is 0 Å². The number of rotatable bonds is 2. The topological polar surface area (TPSA) is 53.6 Å². The fraction of sp³-hybridized carbons (Fsp3) is 0. The molecule has 0 aliphatic heterocycles. The zero-order chi connectivity index (χ0) is 26.3. The Morgan fingerprint density at radius 2 is 0.919 bits per heavy atom. The lowest BCUT2D eigenvalue weighted by Gasteiger charge is -2.22. The molecule has 0 spiro atoms. The van der Waals surface area contributed by atoms with Gasteiger partial charge in [-0.05, 0) is 43.6 Å². The van der Waals surface area contributed by atoms with Crippen LogP contribution < -0.4 is 43.7 Å². The smallest absolute Gasteiger partial charge is 0.457 e. The number of benzene rings is 5. The molecule has 0 aliphatic rings. The molecule has 156 valence electrons. The number of furan rings is 1. The van der Waals surface area contributed by atoms with Gasteiger partial charge in [-0.25, -0.2) is 0 Å². The zero-order valence-electron chi connectivity index (χ0n) is 19.5. The zero-order valence-corrected chi connectivity index (χ0v) is 19.5. The summed E-state index contributed by atoms with van der Waals surface area (Å²) in [5.41, 5.74) is 3.02. The maximum atomic E-state index is 10.3. The molecule has 1 aromatic heterocycles. The molecular formula is C26H10B8O3. The Kier molecular flexibility index (Phi) is 5.52. The monoisotopic (exact) mass is 458 g/mol. The highest BCUT2D eigenvalue weighted by Gasteiger charge is 2.26. The third-order valence-corrected chi connectivity index (χ3v) is 7.12. The van der Waals surface area contributed by atoms with Crippen LogP contribution in [-0.2, 0) is 0 Å². The summed E-state index contributed by atoms with van der Waals surface area (Å²) < 4.78 is 6.13. The Morgan fingerprint density at radius 3 is 1.43 bits per heavy atom. The van der Waals surface area contributed by atoms with E-state index in [2.05, 4.69) is 0 Å². The van der Waals surface area contributed by atoms with Crippen LogP contribution in [-0.4, -0.2) is 72.1 Å². The van der Waals surface area contributed by atoms with Crippen molar-refractivity contribution in [1.29, 1.82) is 0 Å². The van der Waals surface area contributed by atoms with Gasteiger partial charge in [0.15, 0.2) is 0 Å². The van der Waals surface area contributed by atoms with E-state index >= 15 is 0 Å². The largest absolute Gasteiger partial charge is 0.489 e. The highest BCUT2D eigenvalue weighted by atomic mass is 16.4. The molecule has 0 atom stereocenters. The van der Waals surface area contributed by atoms with Crippen molar-refractivity contribution in [2.75, 3.05) is 0 Å². The minimum absolute atomic E-state index is 0.101. The van der Waals surface area contributed by atoms with Gasteiger partial charge in [0.05, 0.1) is 0 Å². The molecule has 1 heterocycles. The highest BCUT2D eigenvalue weighted by molar-refractivity contribution is 6.70. The van der Waals surface area contributed by atoms with Crippen LogP contribution >= 0.6 is 0 Å².